The second-order valence-electron chi connectivity index (χ2n) is 26.0. The summed E-state index contributed by atoms with van der Waals surface area (Å²) in [6, 6.07) is 35.0. The van der Waals surface area contributed by atoms with E-state index in [2.05, 4.69) is 162 Å². The zero-order chi connectivity index (χ0) is 64.7. The number of pyridine rings is 3. The third-order valence-corrected chi connectivity index (χ3v) is 19.9. The van der Waals surface area contributed by atoms with Crippen LogP contribution < -0.4 is 30.5 Å². The molecule has 18 heteroatoms. The molecule has 1 saturated heterocycles. The van der Waals surface area contributed by atoms with E-state index < -0.39 is 15.5 Å². The first-order chi connectivity index (χ1) is 44.3. The van der Waals surface area contributed by atoms with Gasteiger partial charge in [-0.25, -0.2) is 14.8 Å². The molecule has 3 aromatic heterocycles. The van der Waals surface area contributed by atoms with Gasteiger partial charge in [-0.15, -0.1) is 0 Å². The van der Waals surface area contributed by atoms with Crippen LogP contribution >= 0.6 is 0 Å². The van der Waals surface area contributed by atoms with E-state index in [-0.39, 0.29) is 47.5 Å². The molecule has 11 rings (SSSR count). The number of methoxy groups -OCH3 is 1. The monoisotopic (exact) mass is 1260 g/mol. The Kier molecular flexibility index (Phi) is 19.8. The summed E-state index contributed by atoms with van der Waals surface area (Å²) < 4.78 is 39.1. The highest BCUT2D eigenvalue weighted by Gasteiger charge is 2.45. The second kappa shape index (κ2) is 28.1. The predicted octanol–water partition coefficient (Wildman–Crippen LogP) is 13.1. The molecule has 4 aliphatic rings. The van der Waals surface area contributed by atoms with Crippen molar-refractivity contribution in [2.24, 2.45) is 0 Å². The number of carbonyl (C=O) groups excluding carboxylic acids is 3. The standard InChI is InChI=1S/C74H88N10O7S/c1-8-40-83-62-33-27-51-19-11-13-22-58(51)68(62)73(3,4)64(83)35-29-53(30-36-65-74(5,6)69-59-23-14-12-20-52(59)28-34-63(69)84(65)42-18-45-92(88,89)90)60-32-26-56(48-77-60)71(86)76-38-15-9-10-25-66(85)78-49-57-46-54-21-16-39-75-70(54)80-61(57)24-17-41-81-43-44-82(72(81)87)50(2)55-31-37-67(91-7)79-47-55/h11-14,19-20,22-23,26-37,46-48,50,65H,8-10,15-18,21,24-25,38-45,49H2,1-7H3,(H,75,80)(H,76,86)(H,78,85)(H,88,89,90)/b36-30+,53-29-,64-35+/t50-,65?/m0/s1. The molecule has 92 heavy (non-hydrogen) atoms. The maximum Gasteiger partial charge on any atom is 0.320 e. The smallest absolute Gasteiger partial charge is 0.320 e. The van der Waals surface area contributed by atoms with Crippen LogP contribution in [0.25, 0.3) is 27.1 Å². The van der Waals surface area contributed by atoms with E-state index in [9.17, 15) is 27.4 Å². The van der Waals surface area contributed by atoms with Crippen molar-refractivity contribution in [1.82, 2.24) is 35.4 Å². The van der Waals surface area contributed by atoms with Crippen molar-refractivity contribution in [1.29, 1.82) is 0 Å². The average molecular weight is 1260 g/mol. The number of nitrogens with one attached hydrogen (secondary N) is 3. The van der Waals surface area contributed by atoms with E-state index in [0.717, 1.165) is 95.4 Å². The number of ether oxygens (including phenoxy) is 1. The van der Waals surface area contributed by atoms with Gasteiger partial charge in [0, 0.05) is 111 Å². The molecule has 17 nitrogen and oxygen atoms in total. The van der Waals surface area contributed by atoms with E-state index in [1.165, 1.54) is 33.3 Å². The number of hydrogen-bond acceptors (Lipinski definition) is 12. The maximum absolute atomic E-state index is 13.7. The lowest BCUT2D eigenvalue weighted by molar-refractivity contribution is -0.121. The molecule has 0 saturated carbocycles. The first-order valence-electron chi connectivity index (χ1n) is 32.8. The van der Waals surface area contributed by atoms with Gasteiger partial charge in [-0.3, -0.25) is 19.1 Å². The van der Waals surface area contributed by atoms with Crippen LogP contribution in [0.4, 0.5) is 22.0 Å². The van der Waals surface area contributed by atoms with Crippen LogP contribution in [0.2, 0.25) is 0 Å². The van der Waals surface area contributed by atoms with Gasteiger partial charge in [0.25, 0.3) is 16.0 Å². The SMILES string of the molecule is CCCN1/C(=C/C=C(/C=C/C2N(CCCS(=O)(=O)O)c3ccc4ccccc4c3C2(C)C)c2ccc(C(=O)NCCCCCC(=O)NCc3cc4c(nc3CCCN3CCN([C@@H](C)c5ccc(OC)nc5)C3=O)NCCC4)cn2)C(C)(C)c2c1ccc1ccccc21. The van der Waals surface area contributed by atoms with Gasteiger partial charge in [-0.05, 0) is 150 Å². The molecule has 1 unspecified atom stereocenters. The summed E-state index contributed by atoms with van der Waals surface area (Å²) >= 11 is 0. The topological polar surface area (TPSA) is 203 Å². The summed E-state index contributed by atoms with van der Waals surface area (Å²) in [5, 5.41) is 14.4. The third-order valence-electron chi connectivity index (χ3n) is 19.1. The van der Waals surface area contributed by atoms with Gasteiger partial charge in [0.05, 0.1) is 36.2 Å². The molecular weight excluding hydrogens is 1170 g/mol. The maximum atomic E-state index is 13.7. The molecule has 7 aromatic rings. The van der Waals surface area contributed by atoms with Crippen molar-refractivity contribution in [3.8, 4) is 5.88 Å². The minimum Gasteiger partial charge on any atom is -0.481 e. The van der Waals surface area contributed by atoms with Crippen LogP contribution in [0.15, 0.2) is 146 Å². The van der Waals surface area contributed by atoms with E-state index in [1.54, 1.807) is 19.5 Å². The number of aromatic nitrogens is 3. The molecule has 4 aliphatic heterocycles. The third kappa shape index (κ3) is 14.1. The second-order valence-corrected chi connectivity index (χ2v) is 27.5. The molecule has 2 atom stereocenters. The Morgan fingerprint density at radius 2 is 1.60 bits per heavy atom. The molecule has 0 aliphatic carbocycles. The van der Waals surface area contributed by atoms with Gasteiger partial charge >= 0.3 is 6.03 Å². The fraction of sp³-hybridized carbons (Fsp3) is 0.405. The van der Waals surface area contributed by atoms with Gasteiger partial charge in [0.2, 0.25) is 11.8 Å². The average Bonchev–Trinajstić information content (AvgIpc) is 1.58. The van der Waals surface area contributed by atoms with Gasteiger partial charge in [0.15, 0.2) is 0 Å². The zero-order valence-electron chi connectivity index (χ0n) is 54.3. The van der Waals surface area contributed by atoms with E-state index >= 15 is 0 Å². The minimum atomic E-state index is -4.17. The van der Waals surface area contributed by atoms with Gasteiger partial charge in [-0.2, -0.15) is 8.42 Å². The molecule has 0 bridgehead atoms. The van der Waals surface area contributed by atoms with Crippen molar-refractivity contribution in [2.45, 2.75) is 135 Å². The summed E-state index contributed by atoms with van der Waals surface area (Å²) in [5.74, 6) is 0.834. The molecule has 7 heterocycles. The fourth-order valence-electron chi connectivity index (χ4n) is 14.2. The Bertz CT molecular complexity index is 4070. The molecule has 0 spiro atoms. The largest absolute Gasteiger partial charge is 0.481 e. The van der Waals surface area contributed by atoms with Crippen molar-refractivity contribution < 1.29 is 32.1 Å². The number of aryl methyl sites for hydroxylation is 2. The molecule has 1 fully saturated rings. The van der Waals surface area contributed by atoms with Crippen molar-refractivity contribution in [2.75, 3.05) is 73.8 Å². The van der Waals surface area contributed by atoms with Crippen LogP contribution in [0, 0.1) is 0 Å². The van der Waals surface area contributed by atoms with Crippen molar-refractivity contribution in [3.05, 3.63) is 190 Å². The van der Waals surface area contributed by atoms with E-state index in [1.807, 2.05) is 47.1 Å². The summed E-state index contributed by atoms with van der Waals surface area (Å²) in [6.07, 6.45) is 19.1. The highest BCUT2D eigenvalue weighted by Crippen LogP contribution is 2.52. The van der Waals surface area contributed by atoms with Crippen LogP contribution in [0.5, 0.6) is 5.88 Å². The van der Waals surface area contributed by atoms with Crippen molar-refractivity contribution in [3.63, 3.8) is 0 Å². The minimum absolute atomic E-state index is 0.0172. The molecule has 482 valence electrons. The number of carbonyl (C=O) groups is 3. The van der Waals surface area contributed by atoms with Gasteiger partial charge < -0.3 is 40.3 Å². The highest BCUT2D eigenvalue weighted by atomic mass is 32.2. The highest BCUT2D eigenvalue weighted by molar-refractivity contribution is 7.85. The number of hydrogen-bond donors (Lipinski definition) is 4. The molecular formula is C74H88N10O7S. The summed E-state index contributed by atoms with van der Waals surface area (Å²) in [6.45, 7) is 18.1. The first-order valence-corrected chi connectivity index (χ1v) is 34.4. The number of allylic oxidation sites excluding steroid dienone is 5. The summed E-state index contributed by atoms with van der Waals surface area (Å²) in [7, 11) is -2.59. The lowest BCUT2D eigenvalue weighted by atomic mass is 9.78. The van der Waals surface area contributed by atoms with Crippen LogP contribution in [0.1, 0.15) is 149 Å². The van der Waals surface area contributed by atoms with Crippen LogP contribution in [-0.2, 0) is 45.1 Å². The number of benzene rings is 4. The number of unbranched alkanes of at least 4 members (excludes halogenated alkanes) is 2. The molecule has 4 N–H and O–H groups in total. The zero-order valence-corrected chi connectivity index (χ0v) is 55.1. The number of anilines is 3. The number of nitrogens with zero attached hydrogens (tertiary/aromatic N) is 7. The predicted molar refractivity (Wildman–Crippen MR) is 368 cm³/mol. The Morgan fingerprint density at radius 1 is 0.837 bits per heavy atom. The Hall–Kier alpha value is -8.61. The van der Waals surface area contributed by atoms with Gasteiger partial charge in [-0.1, -0.05) is 126 Å². The number of urea groups is 1. The van der Waals surface area contributed by atoms with Crippen molar-refractivity contribution >= 4 is 72.3 Å². The Balaban J connectivity index is 0.733. The van der Waals surface area contributed by atoms with Gasteiger partial charge in [0.1, 0.15) is 5.82 Å². The first kappa shape index (κ1) is 64.9. The number of fused-ring (bicyclic) bond motifs is 7. The molecule has 4 amide bonds. The number of amides is 4. The van der Waals surface area contributed by atoms with E-state index in [4.69, 9.17) is 14.7 Å². The Morgan fingerprint density at radius 3 is 2.32 bits per heavy atom. The van der Waals surface area contributed by atoms with E-state index in [0.29, 0.717) is 82.1 Å². The quantitative estimate of drug-likeness (QED) is 0.0227. The summed E-state index contributed by atoms with van der Waals surface area (Å²) in [4.78, 5) is 63.5. The molecule has 0 radical (unpaired) electrons. The summed E-state index contributed by atoms with van der Waals surface area (Å²) in [5.41, 5.74) is 11.1. The lowest BCUT2D eigenvalue weighted by Crippen LogP contribution is -2.41. The van der Waals surface area contributed by atoms with Crippen LogP contribution in [-0.4, -0.2) is 120 Å². The number of rotatable bonds is 26. The van der Waals surface area contributed by atoms with Crippen LogP contribution in [0.3, 0.4) is 0 Å². The fourth-order valence-corrected chi connectivity index (χ4v) is 14.7. The normalized spacial score (nSPS) is 17.6. The molecule has 4 aromatic carbocycles. The Labute approximate surface area is 542 Å². The lowest BCUT2D eigenvalue weighted by Gasteiger charge is -2.32.